The van der Waals surface area contributed by atoms with Gasteiger partial charge in [-0.05, 0) is 31.2 Å². The van der Waals surface area contributed by atoms with Crippen LogP contribution in [0.25, 0.3) is 12.2 Å². The van der Waals surface area contributed by atoms with Crippen molar-refractivity contribution in [3.8, 4) is 5.75 Å². The van der Waals surface area contributed by atoms with Crippen molar-refractivity contribution < 1.29 is 9.67 Å². The zero-order chi connectivity index (χ0) is 16.4. The number of aromatic hydroxyl groups is 1. The molecule has 0 fully saturated rings. The number of hydrogen-bond acceptors (Lipinski definition) is 3. The molecule has 0 unspecified atom stereocenters. The predicted molar refractivity (Wildman–Crippen MR) is 89.0 cm³/mol. The second-order valence-corrected chi connectivity index (χ2v) is 5.58. The third-order valence-electron chi connectivity index (χ3n) is 3.81. The first-order valence-electron chi connectivity index (χ1n) is 7.06. The van der Waals surface area contributed by atoms with E-state index in [-0.39, 0.29) is 11.4 Å². The Hall–Kier alpha value is -2.56. The Bertz CT molecular complexity index is 789. The van der Waals surface area contributed by atoms with E-state index < -0.39 is 0 Å². The van der Waals surface area contributed by atoms with E-state index in [9.17, 15) is 9.90 Å². The van der Waals surface area contributed by atoms with E-state index in [2.05, 4.69) is 0 Å². The van der Waals surface area contributed by atoms with E-state index in [1.54, 1.807) is 29.3 Å². The molecule has 0 saturated heterocycles. The second-order valence-electron chi connectivity index (χ2n) is 5.58. The number of anilines is 1. The molecule has 0 radical (unpaired) electrons. The van der Waals surface area contributed by atoms with E-state index in [0.717, 1.165) is 17.1 Å². The van der Waals surface area contributed by atoms with Crippen LogP contribution in [-0.4, -0.2) is 23.8 Å². The molecule has 22 heavy (non-hydrogen) atoms. The minimum atomic E-state index is -0.0770. The van der Waals surface area contributed by atoms with E-state index in [0.29, 0.717) is 5.56 Å². The van der Waals surface area contributed by atoms with Crippen LogP contribution in [0.5, 0.6) is 5.75 Å². The van der Waals surface area contributed by atoms with Gasteiger partial charge in [-0.1, -0.05) is 0 Å². The first-order valence-corrected chi connectivity index (χ1v) is 7.06. The number of aryl methyl sites for hydroxylation is 1. The lowest BCUT2D eigenvalue weighted by Crippen LogP contribution is -2.53. The average Bonchev–Trinajstić information content (AvgIpc) is 2.48. The van der Waals surface area contributed by atoms with Crippen LogP contribution in [0.15, 0.2) is 29.1 Å². The van der Waals surface area contributed by atoms with Gasteiger partial charge in [0, 0.05) is 37.5 Å². The molecule has 0 aliphatic heterocycles. The molecule has 2 aromatic rings. The molecule has 0 atom stereocenters. The molecule has 2 rings (SSSR count). The Kier molecular flexibility index (Phi) is 4.35. The van der Waals surface area contributed by atoms with Crippen LogP contribution >= 0.6 is 0 Å². The fourth-order valence-electron chi connectivity index (χ4n) is 2.18. The molecule has 1 aromatic heterocycles. The Balaban J connectivity index is 2.40. The van der Waals surface area contributed by atoms with Gasteiger partial charge in [-0.3, -0.25) is 0 Å². The summed E-state index contributed by atoms with van der Waals surface area (Å²) in [6.07, 6.45) is 3.64. The molecular formula is C17H22N3O2+. The van der Waals surface area contributed by atoms with E-state index in [4.69, 9.17) is 0 Å². The second kappa shape index (κ2) is 6.05. The highest BCUT2D eigenvalue weighted by Gasteiger charge is 2.11. The Labute approximate surface area is 130 Å². The van der Waals surface area contributed by atoms with Gasteiger partial charge in [0.1, 0.15) is 17.1 Å². The Morgan fingerprint density at radius 3 is 2.50 bits per heavy atom. The van der Waals surface area contributed by atoms with Crippen LogP contribution in [0.4, 0.5) is 5.69 Å². The summed E-state index contributed by atoms with van der Waals surface area (Å²) in [6.45, 7) is 1.89. The van der Waals surface area contributed by atoms with Gasteiger partial charge in [-0.15, -0.1) is 0 Å². The summed E-state index contributed by atoms with van der Waals surface area (Å²) in [6, 6.07) is 7.45. The summed E-state index contributed by atoms with van der Waals surface area (Å²) in [7, 11) is 7.33. The number of benzene rings is 1. The topological polar surface area (TPSA) is 49.4 Å². The zero-order valence-electron chi connectivity index (χ0n) is 13.7. The SMILES string of the molecule is Cc1cc(C=Cc2ccc(N(C)C)cc2O)[n+](C)c(=O)n1C. The molecule has 5 heteroatoms. The number of hydrogen-bond donors (Lipinski definition) is 1. The van der Waals surface area contributed by atoms with Crippen LogP contribution in [0.2, 0.25) is 0 Å². The molecule has 1 aromatic carbocycles. The quantitative estimate of drug-likeness (QED) is 0.873. The maximum Gasteiger partial charge on any atom is 0.498 e. The molecule has 1 heterocycles. The van der Waals surface area contributed by atoms with Gasteiger partial charge in [0.05, 0.1) is 14.1 Å². The fourth-order valence-corrected chi connectivity index (χ4v) is 2.18. The van der Waals surface area contributed by atoms with Crippen molar-refractivity contribution in [3.05, 3.63) is 51.7 Å². The van der Waals surface area contributed by atoms with Crippen molar-refractivity contribution in [3.63, 3.8) is 0 Å². The van der Waals surface area contributed by atoms with E-state index >= 15 is 0 Å². The lowest BCUT2D eigenvalue weighted by molar-refractivity contribution is -0.692. The van der Waals surface area contributed by atoms with Crippen molar-refractivity contribution in [1.82, 2.24) is 4.57 Å². The summed E-state index contributed by atoms with van der Waals surface area (Å²) in [5.41, 5.74) is 3.24. The van der Waals surface area contributed by atoms with Crippen LogP contribution in [0.3, 0.4) is 0 Å². The van der Waals surface area contributed by atoms with Crippen LogP contribution < -0.4 is 15.2 Å². The normalized spacial score (nSPS) is 11.1. The maximum atomic E-state index is 12.0. The van der Waals surface area contributed by atoms with Crippen molar-refractivity contribution in [2.24, 2.45) is 14.1 Å². The van der Waals surface area contributed by atoms with Crippen molar-refractivity contribution in [2.75, 3.05) is 19.0 Å². The Morgan fingerprint density at radius 1 is 1.23 bits per heavy atom. The molecule has 0 aliphatic rings. The first kappa shape index (κ1) is 15.8. The summed E-state index contributed by atoms with van der Waals surface area (Å²) in [4.78, 5) is 14.0. The highest BCUT2D eigenvalue weighted by atomic mass is 16.3. The molecule has 0 spiro atoms. The van der Waals surface area contributed by atoms with Crippen LogP contribution in [-0.2, 0) is 14.1 Å². The van der Waals surface area contributed by atoms with E-state index in [1.807, 2.05) is 56.3 Å². The summed E-state index contributed by atoms with van der Waals surface area (Å²) >= 11 is 0. The molecule has 116 valence electrons. The van der Waals surface area contributed by atoms with Gasteiger partial charge in [0.2, 0.25) is 0 Å². The van der Waals surface area contributed by atoms with Crippen molar-refractivity contribution >= 4 is 17.8 Å². The van der Waals surface area contributed by atoms with Gasteiger partial charge in [-0.2, -0.15) is 13.9 Å². The molecular weight excluding hydrogens is 278 g/mol. The zero-order valence-corrected chi connectivity index (χ0v) is 13.7. The van der Waals surface area contributed by atoms with E-state index in [1.165, 1.54) is 0 Å². The Morgan fingerprint density at radius 2 is 1.91 bits per heavy atom. The summed E-state index contributed by atoms with van der Waals surface area (Å²) < 4.78 is 3.18. The molecule has 0 bridgehead atoms. The van der Waals surface area contributed by atoms with Gasteiger partial charge in [0.15, 0.2) is 0 Å². The number of phenolic OH excluding ortho intramolecular Hbond substituents is 1. The largest absolute Gasteiger partial charge is 0.507 e. The third-order valence-corrected chi connectivity index (χ3v) is 3.81. The van der Waals surface area contributed by atoms with Crippen molar-refractivity contribution in [1.29, 1.82) is 0 Å². The number of aromatic nitrogens is 2. The molecule has 5 nitrogen and oxygen atoms in total. The van der Waals surface area contributed by atoms with Gasteiger partial charge in [-0.25, -0.2) is 0 Å². The minimum absolute atomic E-state index is 0.0770. The summed E-state index contributed by atoms with van der Waals surface area (Å²) in [5, 5.41) is 10.1. The molecule has 0 amide bonds. The van der Waals surface area contributed by atoms with Crippen LogP contribution in [0, 0.1) is 6.92 Å². The maximum absolute atomic E-state index is 12.0. The monoisotopic (exact) mass is 300 g/mol. The highest BCUT2D eigenvalue weighted by Crippen LogP contribution is 2.25. The molecule has 0 saturated carbocycles. The molecule has 1 N–H and O–H groups in total. The fraction of sp³-hybridized carbons (Fsp3) is 0.294. The smallest absolute Gasteiger partial charge is 0.498 e. The lowest BCUT2D eigenvalue weighted by atomic mass is 10.1. The number of phenols is 1. The predicted octanol–water partition coefficient (Wildman–Crippen LogP) is 1.46. The first-order chi connectivity index (χ1) is 10.3. The number of nitrogens with zero attached hydrogens (tertiary/aromatic N) is 3. The van der Waals surface area contributed by atoms with Crippen LogP contribution in [0.1, 0.15) is 17.0 Å². The third kappa shape index (κ3) is 3.03. The average molecular weight is 300 g/mol. The number of rotatable bonds is 3. The van der Waals surface area contributed by atoms with Crippen molar-refractivity contribution in [2.45, 2.75) is 6.92 Å². The standard InChI is InChI=1S/C17H21N3O2/c1-12-10-15(20(5)17(22)19(12)4)9-7-13-6-8-14(18(2)3)11-16(13)21/h6-11H,1-5H3/p+1. The highest BCUT2D eigenvalue weighted by molar-refractivity contribution is 5.72. The lowest BCUT2D eigenvalue weighted by Gasteiger charge is -2.13. The van der Waals surface area contributed by atoms with Gasteiger partial charge in [0.25, 0.3) is 0 Å². The van der Waals surface area contributed by atoms with Gasteiger partial charge < -0.3 is 10.0 Å². The minimum Gasteiger partial charge on any atom is -0.507 e. The van der Waals surface area contributed by atoms with Gasteiger partial charge >= 0.3 is 5.69 Å². The summed E-state index contributed by atoms with van der Waals surface area (Å²) in [5.74, 6) is 0.214. The molecule has 0 aliphatic carbocycles.